The van der Waals surface area contributed by atoms with Crippen molar-refractivity contribution < 1.29 is 4.52 Å². The Morgan fingerprint density at radius 3 is 3.06 bits per heavy atom. The van der Waals surface area contributed by atoms with Gasteiger partial charge in [0.1, 0.15) is 12.1 Å². The van der Waals surface area contributed by atoms with Gasteiger partial charge in [-0.05, 0) is 0 Å². The van der Waals surface area contributed by atoms with E-state index in [0.717, 1.165) is 16.9 Å². The highest BCUT2D eigenvalue weighted by atomic mass is 16.5. The molecule has 0 saturated heterocycles. The number of nitrogens with zero attached hydrogens (tertiary/aromatic N) is 6. The van der Waals surface area contributed by atoms with Crippen molar-refractivity contribution >= 4 is 16.9 Å². The number of aromatic nitrogens is 6. The molecule has 0 aliphatic carbocycles. The molecule has 0 fully saturated rings. The fourth-order valence-corrected chi connectivity index (χ4v) is 1.70. The minimum Gasteiger partial charge on any atom is -0.369 e. The van der Waals surface area contributed by atoms with Crippen LogP contribution in [0.2, 0.25) is 0 Å². The molecule has 0 unspecified atom stereocenters. The molecule has 3 heterocycles. The van der Waals surface area contributed by atoms with Gasteiger partial charge in [0.05, 0.1) is 11.6 Å². The summed E-state index contributed by atoms with van der Waals surface area (Å²) in [6.45, 7) is 0.656. The van der Waals surface area contributed by atoms with Crippen LogP contribution in [0.15, 0.2) is 23.4 Å². The van der Waals surface area contributed by atoms with E-state index in [9.17, 15) is 0 Å². The van der Waals surface area contributed by atoms with Crippen LogP contribution in [0.25, 0.3) is 11.0 Å². The van der Waals surface area contributed by atoms with Crippen LogP contribution in [-0.2, 0) is 13.5 Å². The van der Waals surface area contributed by atoms with Gasteiger partial charge < -0.3 is 9.84 Å². The minimum atomic E-state index is 0.596. The van der Waals surface area contributed by atoms with Gasteiger partial charge in [0, 0.05) is 20.0 Å². The maximum absolute atomic E-state index is 4.91. The van der Waals surface area contributed by atoms with Crippen LogP contribution in [0.3, 0.4) is 0 Å². The molecule has 0 aliphatic heterocycles. The Morgan fingerprint density at radius 1 is 1.28 bits per heavy atom. The lowest BCUT2D eigenvalue weighted by Gasteiger charge is -2.04. The maximum Gasteiger partial charge on any atom is 0.228 e. The molecule has 0 aromatic carbocycles. The van der Waals surface area contributed by atoms with E-state index >= 15 is 0 Å². The molecular formula is C10H11N7O. The van der Waals surface area contributed by atoms with Gasteiger partial charge in [0.25, 0.3) is 0 Å². The first-order chi connectivity index (χ1) is 8.84. The van der Waals surface area contributed by atoms with Gasteiger partial charge in [0.15, 0.2) is 12.0 Å². The molecule has 18 heavy (non-hydrogen) atoms. The summed E-state index contributed by atoms with van der Waals surface area (Å²) >= 11 is 0. The van der Waals surface area contributed by atoms with E-state index < -0.39 is 0 Å². The minimum absolute atomic E-state index is 0.596. The lowest BCUT2D eigenvalue weighted by Crippen LogP contribution is -2.07. The van der Waals surface area contributed by atoms with E-state index in [1.165, 1.54) is 12.7 Å². The second-order valence-electron chi connectivity index (χ2n) is 3.74. The number of hydrogen-bond acceptors (Lipinski definition) is 7. The van der Waals surface area contributed by atoms with E-state index in [1.54, 1.807) is 10.9 Å². The van der Waals surface area contributed by atoms with Crippen molar-refractivity contribution in [1.82, 2.24) is 29.9 Å². The Labute approximate surface area is 102 Å². The van der Waals surface area contributed by atoms with Gasteiger partial charge in [-0.15, -0.1) is 0 Å². The predicted octanol–water partition coefficient (Wildman–Crippen LogP) is 0.401. The number of aryl methyl sites for hydroxylation is 1. The van der Waals surface area contributed by atoms with Crippen LogP contribution < -0.4 is 5.32 Å². The third-order valence-electron chi connectivity index (χ3n) is 2.57. The van der Waals surface area contributed by atoms with Crippen molar-refractivity contribution in [1.29, 1.82) is 0 Å². The summed E-state index contributed by atoms with van der Waals surface area (Å²) in [5.74, 6) is 1.35. The first-order valence-corrected chi connectivity index (χ1v) is 5.47. The fraction of sp³-hybridized carbons (Fsp3) is 0.300. The van der Waals surface area contributed by atoms with Crippen LogP contribution in [0, 0.1) is 0 Å². The van der Waals surface area contributed by atoms with Crippen molar-refractivity contribution in [2.45, 2.75) is 6.42 Å². The molecule has 0 amide bonds. The Bertz CT molecular complexity index is 645. The second-order valence-corrected chi connectivity index (χ2v) is 3.74. The van der Waals surface area contributed by atoms with Crippen molar-refractivity contribution in [3.63, 3.8) is 0 Å². The van der Waals surface area contributed by atoms with E-state index in [2.05, 4.69) is 30.5 Å². The second kappa shape index (κ2) is 4.40. The van der Waals surface area contributed by atoms with Crippen LogP contribution >= 0.6 is 0 Å². The highest BCUT2D eigenvalue weighted by Crippen LogP contribution is 2.17. The number of fused-ring (bicyclic) bond motifs is 1. The van der Waals surface area contributed by atoms with Crippen LogP contribution in [0.4, 0.5) is 5.82 Å². The molecule has 92 valence electrons. The Balaban J connectivity index is 1.74. The molecule has 1 N–H and O–H groups in total. The molecule has 3 aromatic heterocycles. The highest BCUT2D eigenvalue weighted by molar-refractivity contribution is 5.85. The molecule has 8 nitrogen and oxygen atoms in total. The number of rotatable bonds is 4. The summed E-state index contributed by atoms with van der Waals surface area (Å²) in [6.07, 6.45) is 5.29. The van der Waals surface area contributed by atoms with Crippen LogP contribution in [0.1, 0.15) is 5.89 Å². The smallest absolute Gasteiger partial charge is 0.228 e. The Hall–Kier alpha value is -2.51. The fourth-order valence-electron chi connectivity index (χ4n) is 1.70. The van der Waals surface area contributed by atoms with E-state index in [4.69, 9.17) is 4.52 Å². The third kappa shape index (κ3) is 1.88. The normalized spacial score (nSPS) is 10.9. The summed E-state index contributed by atoms with van der Waals surface area (Å²) in [6, 6.07) is 0. The molecule has 0 saturated carbocycles. The van der Waals surface area contributed by atoms with Crippen molar-refractivity contribution in [2.75, 3.05) is 11.9 Å². The zero-order valence-electron chi connectivity index (χ0n) is 9.74. The van der Waals surface area contributed by atoms with E-state index in [0.29, 0.717) is 18.9 Å². The summed E-state index contributed by atoms with van der Waals surface area (Å²) < 4.78 is 6.62. The molecule has 3 rings (SSSR count). The summed E-state index contributed by atoms with van der Waals surface area (Å²) in [5, 5.41) is 11.8. The summed E-state index contributed by atoms with van der Waals surface area (Å²) in [5.41, 5.74) is 0.797. The predicted molar refractivity (Wildman–Crippen MR) is 62.8 cm³/mol. The molecular weight excluding hydrogens is 234 g/mol. The highest BCUT2D eigenvalue weighted by Gasteiger charge is 2.07. The lowest BCUT2D eigenvalue weighted by molar-refractivity contribution is 0.380. The summed E-state index contributed by atoms with van der Waals surface area (Å²) in [7, 11) is 1.84. The lowest BCUT2D eigenvalue weighted by atomic mass is 10.3. The Morgan fingerprint density at radius 2 is 2.22 bits per heavy atom. The monoisotopic (exact) mass is 245 g/mol. The van der Waals surface area contributed by atoms with Crippen molar-refractivity contribution in [3.8, 4) is 0 Å². The SMILES string of the molecule is Cn1ncc2c(NCCc3ncno3)ncnc21. The maximum atomic E-state index is 4.91. The third-order valence-corrected chi connectivity index (χ3v) is 2.57. The Kier molecular flexibility index (Phi) is 2.60. The standard InChI is InChI=1S/C10H11N7O/c1-17-10-7(4-15-17)9(13-5-14-10)11-3-2-8-12-6-16-18-8/h4-6H,2-3H2,1H3,(H,11,13,14). The van der Waals surface area contributed by atoms with Gasteiger partial charge in [-0.3, -0.25) is 4.68 Å². The van der Waals surface area contributed by atoms with Gasteiger partial charge in [0.2, 0.25) is 5.89 Å². The molecule has 0 radical (unpaired) electrons. The average molecular weight is 245 g/mol. The zero-order valence-corrected chi connectivity index (χ0v) is 9.74. The molecule has 0 aliphatic rings. The first-order valence-electron chi connectivity index (χ1n) is 5.47. The molecule has 8 heteroatoms. The molecule has 3 aromatic rings. The largest absolute Gasteiger partial charge is 0.369 e. The number of nitrogens with one attached hydrogen (secondary N) is 1. The quantitative estimate of drug-likeness (QED) is 0.710. The van der Waals surface area contributed by atoms with Gasteiger partial charge in [-0.1, -0.05) is 5.16 Å². The number of anilines is 1. The zero-order chi connectivity index (χ0) is 12.4. The van der Waals surface area contributed by atoms with Gasteiger partial charge >= 0.3 is 0 Å². The molecule has 0 bridgehead atoms. The van der Waals surface area contributed by atoms with Gasteiger partial charge in [-0.2, -0.15) is 10.1 Å². The van der Waals surface area contributed by atoms with Gasteiger partial charge in [-0.25, -0.2) is 9.97 Å². The van der Waals surface area contributed by atoms with E-state index in [1.807, 2.05) is 7.05 Å². The number of hydrogen-bond donors (Lipinski definition) is 1. The van der Waals surface area contributed by atoms with Crippen molar-refractivity contribution in [3.05, 3.63) is 24.7 Å². The van der Waals surface area contributed by atoms with Crippen LogP contribution in [-0.4, -0.2) is 36.4 Å². The van der Waals surface area contributed by atoms with Crippen molar-refractivity contribution in [2.24, 2.45) is 7.05 Å². The molecule has 0 spiro atoms. The summed E-state index contributed by atoms with van der Waals surface area (Å²) in [4.78, 5) is 12.3. The molecule has 0 atom stereocenters. The first kappa shape index (κ1) is 10.6. The topological polar surface area (TPSA) is 94.6 Å². The van der Waals surface area contributed by atoms with E-state index in [-0.39, 0.29) is 0 Å². The average Bonchev–Trinajstić information content (AvgIpc) is 3.01. The van der Waals surface area contributed by atoms with Crippen LogP contribution in [0.5, 0.6) is 0 Å².